The standard InChI is InChI=1S/C37H29ClN6O4/c1-21-30-31(27-20-43(24-9-5-3-6-10-24)42-33(27)22-13-15-23(38)16-14-22)32-34(47)39-37(2,28-18-17-26(45)19-29(28)46)40-35(32)48-36(30)44(41-21)25-11-7-4-8-12-25/h3-20,31,40,45-46H,1-2H3,(H,39,47). The maximum absolute atomic E-state index is 14.5. The van der Waals surface area contributed by atoms with E-state index in [2.05, 4.69) is 10.6 Å². The van der Waals surface area contributed by atoms with Crippen LogP contribution < -0.4 is 15.4 Å². The topological polar surface area (TPSA) is 126 Å². The van der Waals surface area contributed by atoms with Crippen LogP contribution in [-0.2, 0) is 10.5 Å². The maximum atomic E-state index is 14.5. The number of phenols is 2. The van der Waals surface area contributed by atoms with Crippen LogP contribution in [0.4, 0.5) is 0 Å². The predicted octanol–water partition coefficient (Wildman–Crippen LogP) is 6.43. The number of aromatic nitrogens is 4. The zero-order chi connectivity index (χ0) is 33.2. The number of benzene rings is 4. The number of aromatic hydroxyl groups is 2. The zero-order valence-corrected chi connectivity index (χ0v) is 26.6. The van der Waals surface area contributed by atoms with Crippen LogP contribution >= 0.6 is 11.6 Å². The first-order valence-corrected chi connectivity index (χ1v) is 15.7. The normalized spacial score (nSPS) is 18.4. The molecule has 1 amide bonds. The van der Waals surface area contributed by atoms with E-state index in [9.17, 15) is 15.0 Å². The minimum absolute atomic E-state index is 0.104. The van der Waals surface area contributed by atoms with Crippen molar-refractivity contribution in [1.29, 1.82) is 0 Å². The van der Waals surface area contributed by atoms with Gasteiger partial charge < -0.3 is 25.6 Å². The SMILES string of the molecule is Cc1nn(-c2ccccc2)c2c1C(c1cn(-c3ccccc3)nc1-c1ccc(Cl)cc1)C1=C(NC(C)(c3ccc(O)cc3O)NC1=O)O2. The van der Waals surface area contributed by atoms with Crippen molar-refractivity contribution in [3.05, 3.63) is 148 Å². The van der Waals surface area contributed by atoms with Gasteiger partial charge >= 0.3 is 0 Å². The maximum Gasteiger partial charge on any atom is 0.255 e. The molecular weight excluding hydrogens is 628 g/mol. The number of carbonyl (C=O) groups is 1. The van der Waals surface area contributed by atoms with E-state index in [-0.39, 0.29) is 17.4 Å². The number of ether oxygens (including phenoxy) is 1. The van der Waals surface area contributed by atoms with Crippen molar-refractivity contribution < 1.29 is 19.7 Å². The summed E-state index contributed by atoms with van der Waals surface area (Å²) in [6, 6.07) is 31.0. The lowest BCUT2D eigenvalue weighted by molar-refractivity contribution is -0.121. The Labute approximate surface area is 280 Å². The van der Waals surface area contributed by atoms with E-state index < -0.39 is 17.5 Å². The molecule has 10 nitrogen and oxygen atoms in total. The van der Waals surface area contributed by atoms with Crippen LogP contribution in [-0.4, -0.2) is 35.7 Å². The first kappa shape index (κ1) is 29.4. The monoisotopic (exact) mass is 656 g/mol. The van der Waals surface area contributed by atoms with Crippen LogP contribution in [0.2, 0.25) is 5.02 Å². The second-order valence-electron chi connectivity index (χ2n) is 12.0. The number of para-hydroxylation sites is 2. The van der Waals surface area contributed by atoms with Crippen LogP contribution in [0.15, 0.2) is 121 Å². The summed E-state index contributed by atoms with van der Waals surface area (Å²) in [5.41, 5.74) is 4.62. The summed E-state index contributed by atoms with van der Waals surface area (Å²) in [4.78, 5) is 14.5. The van der Waals surface area contributed by atoms with Crippen molar-refractivity contribution in [3.63, 3.8) is 0 Å². The number of halogens is 1. The molecule has 4 N–H and O–H groups in total. The zero-order valence-electron chi connectivity index (χ0n) is 25.8. The molecule has 6 aromatic rings. The van der Waals surface area contributed by atoms with E-state index in [4.69, 9.17) is 26.5 Å². The summed E-state index contributed by atoms with van der Waals surface area (Å²) in [5.74, 6) is -0.727. The molecule has 238 valence electrons. The highest BCUT2D eigenvalue weighted by molar-refractivity contribution is 6.30. The minimum Gasteiger partial charge on any atom is -0.508 e. The molecule has 0 saturated carbocycles. The van der Waals surface area contributed by atoms with Crippen LogP contribution in [0.3, 0.4) is 0 Å². The average Bonchev–Trinajstić information content (AvgIpc) is 3.66. The molecule has 0 fully saturated rings. The first-order valence-electron chi connectivity index (χ1n) is 15.3. The van der Waals surface area contributed by atoms with Crippen molar-refractivity contribution in [2.45, 2.75) is 25.4 Å². The number of carbonyl (C=O) groups excluding carboxylic acids is 1. The van der Waals surface area contributed by atoms with E-state index in [1.165, 1.54) is 12.1 Å². The van der Waals surface area contributed by atoms with E-state index in [0.717, 1.165) is 22.5 Å². The van der Waals surface area contributed by atoms with E-state index in [0.29, 0.717) is 39.0 Å². The number of aryl methyl sites for hydroxylation is 1. The number of nitrogens with one attached hydrogen (secondary N) is 2. The quantitative estimate of drug-likeness (QED) is 0.169. The first-order chi connectivity index (χ1) is 23.2. The molecule has 0 saturated heterocycles. The molecule has 0 spiro atoms. The highest BCUT2D eigenvalue weighted by Gasteiger charge is 2.48. The van der Waals surface area contributed by atoms with Gasteiger partial charge in [-0.15, -0.1) is 0 Å². The van der Waals surface area contributed by atoms with Gasteiger partial charge in [-0.2, -0.15) is 10.2 Å². The number of nitrogens with zero attached hydrogens (tertiary/aromatic N) is 4. The number of hydrogen-bond acceptors (Lipinski definition) is 7. The lowest BCUT2D eigenvalue weighted by atomic mass is 9.81. The van der Waals surface area contributed by atoms with Gasteiger partial charge in [0.2, 0.25) is 11.8 Å². The Morgan fingerprint density at radius 3 is 2.25 bits per heavy atom. The number of hydrogen-bond donors (Lipinski definition) is 4. The molecule has 2 unspecified atom stereocenters. The fraction of sp³-hybridized carbons (Fsp3) is 0.108. The molecule has 2 aliphatic heterocycles. The molecule has 4 heterocycles. The summed E-state index contributed by atoms with van der Waals surface area (Å²) >= 11 is 6.29. The van der Waals surface area contributed by atoms with Gasteiger partial charge in [-0.3, -0.25) is 4.79 Å². The fourth-order valence-corrected chi connectivity index (χ4v) is 6.66. The van der Waals surface area contributed by atoms with Crippen LogP contribution in [0, 0.1) is 6.92 Å². The molecular formula is C37H29ClN6O4. The Bertz CT molecular complexity index is 2250. The number of fused-ring (bicyclic) bond motifs is 1. The van der Waals surface area contributed by atoms with Gasteiger partial charge in [0.25, 0.3) is 5.91 Å². The average molecular weight is 657 g/mol. The second kappa shape index (κ2) is 11.1. The van der Waals surface area contributed by atoms with Crippen molar-refractivity contribution >= 4 is 17.5 Å². The molecule has 8 rings (SSSR count). The molecule has 0 bridgehead atoms. The van der Waals surface area contributed by atoms with Gasteiger partial charge in [-0.25, -0.2) is 9.36 Å². The van der Waals surface area contributed by atoms with Gasteiger partial charge in [0.15, 0.2) is 0 Å². The molecule has 11 heteroatoms. The summed E-state index contributed by atoms with van der Waals surface area (Å²) in [6.07, 6.45) is 1.94. The Morgan fingerprint density at radius 1 is 0.875 bits per heavy atom. The summed E-state index contributed by atoms with van der Waals surface area (Å²) in [6.45, 7) is 3.62. The Hall–Kier alpha value is -6.00. The minimum atomic E-state index is -1.30. The van der Waals surface area contributed by atoms with Crippen LogP contribution in [0.5, 0.6) is 17.4 Å². The Kier molecular flexibility index (Phi) is 6.78. The predicted molar refractivity (Wildman–Crippen MR) is 180 cm³/mol. The van der Waals surface area contributed by atoms with E-state index >= 15 is 0 Å². The smallest absolute Gasteiger partial charge is 0.255 e. The Morgan fingerprint density at radius 2 is 1.56 bits per heavy atom. The van der Waals surface area contributed by atoms with Crippen LogP contribution in [0.25, 0.3) is 22.6 Å². The van der Waals surface area contributed by atoms with Gasteiger partial charge in [-0.05, 0) is 62.4 Å². The molecule has 2 atom stereocenters. The summed E-state index contributed by atoms with van der Waals surface area (Å²) in [7, 11) is 0. The third kappa shape index (κ3) is 4.76. The van der Waals surface area contributed by atoms with Gasteiger partial charge in [0.1, 0.15) is 17.2 Å². The van der Waals surface area contributed by atoms with E-state index in [1.807, 2.05) is 98.0 Å². The summed E-state index contributed by atoms with van der Waals surface area (Å²) < 4.78 is 10.2. The number of phenolic OH excluding ortho intramolecular Hbond substituents is 2. The van der Waals surface area contributed by atoms with Crippen molar-refractivity contribution in [1.82, 2.24) is 30.2 Å². The highest BCUT2D eigenvalue weighted by Crippen LogP contribution is 2.49. The Balaban J connectivity index is 1.38. The molecule has 0 radical (unpaired) electrons. The fourth-order valence-electron chi connectivity index (χ4n) is 6.53. The molecule has 2 aromatic heterocycles. The summed E-state index contributed by atoms with van der Waals surface area (Å²) in [5, 5.41) is 37.8. The van der Waals surface area contributed by atoms with Crippen molar-refractivity contribution in [3.8, 4) is 40.0 Å². The third-order valence-electron chi connectivity index (χ3n) is 8.77. The van der Waals surface area contributed by atoms with Gasteiger partial charge in [0.05, 0.1) is 39.8 Å². The van der Waals surface area contributed by atoms with E-state index in [1.54, 1.807) is 22.4 Å². The largest absolute Gasteiger partial charge is 0.508 e. The molecule has 48 heavy (non-hydrogen) atoms. The van der Waals surface area contributed by atoms with Crippen LogP contribution in [0.1, 0.15) is 35.2 Å². The van der Waals surface area contributed by atoms with Gasteiger partial charge in [0, 0.05) is 34.0 Å². The second-order valence-corrected chi connectivity index (χ2v) is 12.4. The molecule has 0 aliphatic carbocycles. The van der Waals surface area contributed by atoms with Crippen molar-refractivity contribution in [2.24, 2.45) is 0 Å². The lowest BCUT2D eigenvalue weighted by Crippen LogP contribution is -2.59. The third-order valence-corrected chi connectivity index (χ3v) is 9.02. The highest BCUT2D eigenvalue weighted by atomic mass is 35.5. The van der Waals surface area contributed by atoms with Gasteiger partial charge in [-0.1, -0.05) is 60.1 Å². The number of rotatable bonds is 5. The molecule has 2 aliphatic rings. The lowest BCUT2D eigenvalue weighted by Gasteiger charge is -2.42. The molecule has 4 aromatic carbocycles. The van der Waals surface area contributed by atoms with Crippen molar-refractivity contribution in [2.75, 3.05) is 0 Å². The number of amides is 1.